The Morgan fingerprint density at radius 1 is 0.426 bits per heavy atom. The van der Waals surface area contributed by atoms with Gasteiger partial charge in [-0.15, -0.1) is 0 Å². The van der Waals surface area contributed by atoms with E-state index in [4.69, 9.17) is 0 Å². The lowest BCUT2D eigenvalue weighted by molar-refractivity contribution is 0.627. The standard InChI is InChI=1S/C50H34F2N2/c51-35-23-19-33(20-24-35)49-42-16-7-8-17-43(42)50(34-21-25-36(52)26-22-34)46-32-39(27-29-44(46)49)53(37-11-3-1-4-12-37)40-28-30-48-45(31-40)41-15-9-10-18-47(41)54(48)38-13-5-2-6-14-38/h1-8,11-32H,9-10H2. The molecular formula is C50H34F2N2. The first-order chi connectivity index (χ1) is 26.6. The zero-order chi connectivity index (χ0) is 36.2. The molecule has 0 bridgehead atoms. The maximum Gasteiger partial charge on any atom is 0.123 e. The first kappa shape index (κ1) is 31.9. The smallest absolute Gasteiger partial charge is 0.123 e. The third-order valence-electron chi connectivity index (χ3n) is 10.7. The Morgan fingerprint density at radius 3 is 1.59 bits per heavy atom. The van der Waals surface area contributed by atoms with Gasteiger partial charge in [0.25, 0.3) is 0 Å². The molecule has 0 saturated heterocycles. The van der Waals surface area contributed by atoms with Gasteiger partial charge in [0, 0.05) is 38.7 Å². The van der Waals surface area contributed by atoms with Crippen molar-refractivity contribution in [3.05, 3.63) is 192 Å². The van der Waals surface area contributed by atoms with Crippen LogP contribution in [0, 0.1) is 11.6 Å². The molecule has 8 aromatic carbocycles. The zero-order valence-corrected chi connectivity index (χ0v) is 29.4. The summed E-state index contributed by atoms with van der Waals surface area (Å²) in [6.45, 7) is 0. The molecule has 1 aliphatic rings. The summed E-state index contributed by atoms with van der Waals surface area (Å²) in [7, 11) is 0. The van der Waals surface area contributed by atoms with Gasteiger partial charge in [-0.3, -0.25) is 0 Å². The van der Waals surface area contributed by atoms with Crippen molar-refractivity contribution in [3.8, 4) is 27.9 Å². The van der Waals surface area contributed by atoms with Gasteiger partial charge >= 0.3 is 0 Å². The van der Waals surface area contributed by atoms with Crippen LogP contribution >= 0.6 is 0 Å². The van der Waals surface area contributed by atoms with Crippen molar-refractivity contribution in [2.45, 2.75) is 12.8 Å². The number of para-hydroxylation sites is 2. The van der Waals surface area contributed by atoms with E-state index < -0.39 is 0 Å². The third kappa shape index (κ3) is 5.30. The summed E-state index contributed by atoms with van der Waals surface area (Å²) in [5.41, 5.74) is 9.30. The lowest BCUT2D eigenvalue weighted by Crippen LogP contribution is -2.30. The normalized spacial score (nSPS) is 12.4. The Morgan fingerprint density at radius 2 is 0.944 bits per heavy atom. The largest absolute Gasteiger partial charge is 0.310 e. The molecule has 0 radical (unpaired) electrons. The first-order valence-corrected chi connectivity index (χ1v) is 18.4. The Balaban J connectivity index is 1.26. The quantitative estimate of drug-likeness (QED) is 0.157. The van der Waals surface area contributed by atoms with Gasteiger partial charge in [-0.2, -0.15) is 0 Å². The van der Waals surface area contributed by atoms with Gasteiger partial charge < -0.3 is 9.47 Å². The van der Waals surface area contributed by atoms with Crippen LogP contribution in [0.15, 0.2) is 170 Å². The average Bonchev–Trinajstić information content (AvgIpc) is 3.55. The number of halogens is 2. The molecule has 0 amide bonds. The highest BCUT2D eigenvalue weighted by atomic mass is 19.1. The summed E-state index contributed by atoms with van der Waals surface area (Å²) in [5, 5.41) is 7.86. The fourth-order valence-electron chi connectivity index (χ4n) is 8.37. The number of aromatic nitrogens is 1. The summed E-state index contributed by atoms with van der Waals surface area (Å²) < 4.78 is 31.0. The molecule has 54 heavy (non-hydrogen) atoms. The number of benzene rings is 8. The van der Waals surface area contributed by atoms with Gasteiger partial charge in [0.05, 0.1) is 5.52 Å². The van der Waals surface area contributed by atoms with Crippen LogP contribution in [-0.2, 0) is 0 Å². The highest BCUT2D eigenvalue weighted by Crippen LogP contribution is 2.46. The number of anilines is 3. The van der Waals surface area contributed by atoms with Crippen molar-refractivity contribution in [1.29, 1.82) is 0 Å². The molecule has 10 rings (SSSR count). The average molecular weight is 701 g/mol. The maximum atomic E-state index is 14.4. The predicted octanol–water partition coefficient (Wildman–Crippen LogP) is 12.4. The Bertz CT molecular complexity index is 2980. The molecule has 4 heteroatoms. The molecule has 0 N–H and O–H groups in total. The van der Waals surface area contributed by atoms with E-state index in [-0.39, 0.29) is 11.6 Å². The number of rotatable bonds is 6. The minimum atomic E-state index is -0.278. The molecule has 1 aliphatic carbocycles. The van der Waals surface area contributed by atoms with E-state index >= 15 is 0 Å². The van der Waals surface area contributed by atoms with Crippen LogP contribution in [0.25, 0.3) is 72.5 Å². The molecule has 9 aromatic rings. The van der Waals surface area contributed by atoms with Crippen LogP contribution in [0.3, 0.4) is 0 Å². The summed E-state index contributed by atoms with van der Waals surface area (Å²) >= 11 is 0. The number of hydrogen-bond donors (Lipinski definition) is 0. The predicted molar refractivity (Wildman–Crippen MR) is 221 cm³/mol. The monoisotopic (exact) mass is 700 g/mol. The van der Waals surface area contributed by atoms with Crippen molar-refractivity contribution in [2.24, 2.45) is 0 Å². The molecule has 0 unspecified atom stereocenters. The molecule has 0 atom stereocenters. The van der Waals surface area contributed by atoms with E-state index in [1.165, 1.54) is 45.7 Å². The van der Waals surface area contributed by atoms with Crippen LogP contribution in [-0.4, -0.2) is 4.57 Å². The molecule has 0 fully saturated rings. The molecule has 0 saturated carbocycles. The molecule has 1 heterocycles. The SMILES string of the molecule is Fc1ccc(-c2c3ccccc3c(-c3ccc(F)cc3)c3cc(N(c4ccccc4)c4ccc5c(c4)c4c(n5-c5ccccc5)=CCCC=4)ccc23)cc1. The van der Waals surface area contributed by atoms with E-state index in [1.54, 1.807) is 0 Å². The van der Waals surface area contributed by atoms with Crippen molar-refractivity contribution in [3.63, 3.8) is 0 Å². The fraction of sp³-hybridized carbons (Fsp3) is 0.0400. The van der Waals surface area contributed by atoms with Crippen LogP contribution in [0.4, 0.5) is 25.8 Å². The lowest BCUT2D eigenvalue weighted by Gasteiger charge is -2.27. The van der Waals surface area contributed by atoms with Gasteiger partial charge in [-0.25, -0.2) is 8.78 Å². The fourth-order valence-corrected chi connectivity index (χ4v) is 8.37. The zero-order valence-electron chi connectivity index (χ0n) is 29.4. The van der Waals surface area contributed by atoms with Crippen molar-refractivity contribution in [1.82, 2.24) is 4.57 Å². The Labute approximate surface area is 311 Å². The van der Waals surface area contributed by atoms with E-state index in [0.717, 1.165) is 79.4 Å². The maximum absolute atomic E-state index is 14.4. The topological polar surface area (TPSA) is 8.17 Å². The van der Waals surface area contributed by atoms with Gasteiger partial charge in [0.2, 0.25) is 0 Å². The minimum Gasteiger partial charge on any atom is -0.310 e. The lowest BCUT2D eigenvalue weighted by atomic mass is 9.85. The molecule has 258 valence electrons. The van der Waals surface area contributed by atoms with Crippen molar-refractivity contribution >= 4 is 61.7 Å². The van der Waals surface area contributed by atoms with Crippen molar-refractivity contribution < 1.29 is 8.78 Å². The van der Waals surface area contributed by atoms with Crippen LogP contribution < -0.4 is 15.5 Å². The second-order valence-corrected chi connectivity index (χ2v) is 13.9. The highest BCUT2D eigenvalue weighted by molar-refractivity contribution is 6.22. The second-order valence-electron chi connectivity index (χ2n) is 13.9. The van der Waals surface area contributed by atoms with E-state index in [0.29, 0.717) is 0 Å². The van der Waals surface area contributed by atoms with E-state index in [2.05, 4.69) is 125 Å². The molecule has 0 spiro atoms. The molecular weight excluding hydrogens is 667 g/mol. The summed E-state index contributed by atoms with van der Waals surface area (Å²) in [5.74, 6) is -0.552. The Hall–Kier alpha value is -6.78. The summed E-state index contributed by atoms with van der Waals surface area (Å²) in [6, 6.07) is 56.3. The Kier molecular flexibility index (Phi) is 7.69. The van der Waals surface area contributed by atoms with Gasteiger partial charge in [0.1, 0.15) is 11.6 Å². The number of fused-ring (bicyclic) bond motifs is 5. The van der Waals surface area contributed by atoms with Crippen LogP contribution in [0.1, 0.15) is 12.8 Å². The molecule has 1 aromatic heterocycles. The first-order valence-electron chi connectivity index (χ1n) is 18.4. The second kappa shape index (κ2) is 13.0. The molecule has 2 nitrogen and oxygen atoms in total. The third-order valence-corrected chi connectivity index (χ3v) is 10.7. The van der Waals surface area contributed by atoms with E-state index in [9.17, 15) is 8.78 Å². The number of nitrogens with zero attached hydrogens (tertiary/aromatic N) is 2. The van der Waals surface area contributed by atoms with Gasteiger partial charge in [0.15, 0.2) is 0 Å². The van der Waals surface area contributed by atoms with Crippen LogP contribution in [0.2, 0.25) is 0 Å². The van der Waals surface area contributed by atoms with Crippen molar-refractivity contribution in [2.75, 3.05) is 4.90 Å². The van der Waals surface area contributed by atoms with Crippen LogP contribution in [0.5, 0.6) is 0 Å². The van der Waals surface area contributed by atoms with Gasteiger partial charge in [-0.1, -0.05) is 103 Å². The number of hydrogen-bond acceptors (Lipinski definition) is 1. The summed E-state index contributed by atoms with van der Waals surface area (Å²) in [4.78, 5) is 2.32. The minimum absolute atomic E-state index is 0.274. The van der Waals surface area contributed by atoms with E-state index in [1.807, 2.05) is 42.5 Å². The summed E-state index contributed by atoms with van der Waals surface area (Å²) in [6.07, 6.45) is 6.76. The van der Waals surface area contributed by atoms with Gasteiger partial charge in [-0.05, 0) is 136 Å². The highest BCUT2D eigenvalue weighted by Gasteiger charge is 2.21. The molecule has 0 aliphatic heterocycles.